The summed E-state index contributed by atoms with van der Waals surface area (Å²) in [7, 11) is 3.11. The van der Waals surface area contributed by atoms with Gasteiger partial charge in [-0.05, 0) is 36.8 Å². The molecule has 0 atom stereocenters. The molecule has 0 saturated heterocycles. The highest BCUT2D eigenvalue weighted by atomic mass is 32.2. The third-order valence-electron chi connectivity index (χ3n) is 4.31. The van der Waals surface area contributed by atoms with Crippen LogP contribution in [0.1, 0.15) is 12.5 Å². The van der Waals surface area contributed by atoms with Crippen molar-refractivity contribution in [3.63, 3.8) is 0 Å². The lowest BCUT2D eigenvalue weighted by Gasteiger charge is -2.17. The summed E-state index contributed by atoms with van der Waals surface area (Å²) < 4.78 is 18.8. The molecule has 0 aliphatic carbocycles. The molecule has 3 rings (SSSR count). The summed E-state index contributed by atoms with van der Waals surface area (Å²) in [5, 5.41) is 4.73. The lowest BCUT2D eigenvalue weighted by atomic mass is 10.2. The minimum Gasteiger partial charge on any atom is -0.494 e. The summed E-state index contributed by atoms with van der Waals surface area (Å²) in [6, 6.07) is 12.4. The SMILES string of the molecule is CCNc1nc(SCC(=O)N(C)Cc2ccc(OC)c(F)c2)nc2ccccc12. The first-order valence-corrected chi connectivity index (χ1v) is 10.2. The van der Waals surface area contributed by atoms with E-state index in [1.165, 1.54) is 24.9 Å². The van der Waals surface area contributed by atoms with Crippen LogP contribution < -0.4 is 10.1 Å². The van der Waals surface area contributed by atoms with Gasteiger partial charge in [-0.15, -0.1) is 0 Å². The number of nitrogens with one attached hydrogen (secondary N) is 1. The fourth-order valence-corrected chi connectivity index (χ4v) is 3.62. The van der Waals surface area contributed by atoms with Gasteiger partial charge in [0.1, 0.15) is 5.82 Å². The highest BCUT2D eigenvalue weighted by Crippen LogP contribution is 2.24. The van der Waals surface area contributed by atoms with E-state index in [4.69, 9.17) is 4.74 Å². The smallest absolute Gasteiger partial charge is 0.233 e. The molecule has 0 aliphatic rings. The maximum absolute atomic E-state index is 13.8. The predicted octanol–water partition coefficient (Wildman–Crippen LogP) is 3.96. The zero-order chi connectivity index (χ0) is 20.8. The molecule has 3 aromatic rings. The Hall–Kier alpha value is -2.87. The van der Waals surface area contributed by atoms with Gasteiger partial charge in [-0.25, -0.2) is 14.4 Å². The number of nitrogens with zero attached hydrogens (tertiary/aromatic N) is 3. The Balaban J connectivity index is 1.66. The molecule has 29 heavy (non-hydrogen) atoms. The molecule has 1 amide bonds. The van der Waals surface area contributed by atoms with E-state index in [1.54, 1.807) is 24.1 Å². The number of amides is 1. The quantitative estimate of drug-likeness (QED) is 0.445. The van der Waals surface area contributed by atoms with Crippen LogP contribution >= 0.6 is 11.8 Å². The fraction of sp³-hybridized carbons (Fsp3) is 0.286. The molecule has 0 bridgehead atoms. The first-order chi connectivity index (χ1) is 14.0. The standard InChI is InChI=1S/C21H23FN4O2S/c1-4-23-20-15-7-5-6-8-17(15)24-21(25-20)29-13-19(27)26(2)12-14-9-10-18(28-3)16(22)11-14/h5-11H,4,12-13H2,1-3H3,(H,23,24,25). The van der Waals surface area contributed by atoms with Gasteiger partial charge >= 0.3 is 0 Å². The molecule has 0 unspecified atom stereocenters. The average Bonchev–Trinajstić information content (AvgIpc) is 2.72. The molecule has 6 nitrogen and oxygen atoms in total. The predicted molar refractivity (Wildman–Crippen MR) is 114 cm³/mol. The fourth-order valence-electron chi connectivity index (χ4n) is 2.83. The number of hydrogen-bond donors (Lipinski definition) is 1. The summed E-state index contributed by atoms with van der Waals surface area (Å²) in [4.78, 5) is 23.2. The number of fused-ring (bicyclic) bond motifs is 1. The number of carbonyl (C=O) groups excluding carboxylic acids is 1. The lowest BCUT2D eigenvalue weighted by Crippen LogP contribution is -2.27. The highest BCUT2D eigenvalue weighted by molar-refractivity contribution is 7.99. The number of anilines is 1. The van der Waals surface area contributed by atoms with Crippen molar-refractivity contribution in [2.75, 3.05) is 31.8 Å². The van der Waals surface area contributed by atoms with Crippen molar-refractivity contribution in [3.8, 4) is 5.75 Å². The monoisotopic (exact) mass is 414 g/mol. The zero-order valence-corrected chi connectivity index (χ0v) is 17.4. The van der Waals surface area contributed by atoms with Gasteiger partial charge in [0, 0.05) is 25.5 Å². The Labute approximate surface area is 173 Å². The third kappa shape index (κ3) is 5.14. The Morgan fingerprint density at radius 1 is 1.24 bits per heavy atom. The van der Waals surface area contributed by atoms with Gasteiger partial charge in [-0.3, -0.25) is 4.79 Å². The van der Waals surface area contributed by atoms with Crippen molar-refractivity contribution in [2.45, 2.75) is 18.6 Å². The first-order valence-electron chi connectivity index (χ1n) is 9.21. The minimum atomic E-state index is -0.444. The maximum Gasteiger partial charge on any atom is 0.233 e. The molecule has 8 heteroatoms. The number of aromatic nitrogens is 2. The number of hydrogen-bond acceptors (Lipinski definition) is 6. The van der Waals surface area contributed by atoms with Gasteiger partial charge in [0.25, 0.3) is 0 Å². The Morgan fingerprint density at radius 3 is 2.76 bits per heavy atom. The normalized spacial score (nSPS) is 10.8. The number of rotatable bonds is 8. The third-order valence-corrected chi connectivity index (χ3v) is 5.15. The highest BCUT2D eigenvalue weighted by Gasteiger charge is 2.14. The van der Waals surface area contributed by atoms with Gasteiger partial charge in [-0.1, -0.05) is 30.0 Å². The van der Waals surface area contributed by atoms with Crippen molar-refractivity contribution in [1.82, 2.24) is 14.9 Å². The summed E-state index contributed by atoms with van der Waals surface area (Å²) in [6.45, 7) is 3.05. The zero-order valence-electron chi connectivity index (χ0n) is 16.6. The van der Waals surface area contributed by atoms with E-state index in [0.29, 0.717) is 17.3 Å². The van der Waals surface area contributed by atoms with Gasteiger partial charge in [0.15, 0.2) is 16.7 Å². The summed E-state index contributed by atoms with van der Waals surface area (Å²) >= 11 is 1.28. The summed E-state index contributed by atoms with van der Waals surface area (Å²) in [5.74, 6) is 0.603. The maximum atomic E-state index is 13.8. The van der Waals surface area contributed by atoms with E-state index in [-0.39, 0.29) is 17.4 Å². The number of thioether (sulfide) groups is 1. The van der Waals surface area contributed by atoms with E-state index in [0.717, 1.165) is 23.3 Å². The number of carbonyl (C=O) groups is 1. The van der Waals surface area contributed by atoms with E-state index in [1.807, 2.05) is 31.2 Å². The lowest BCUT2D eigenvalue weighted by molar-refractivity contribution is -0.127. The van der Waals surface area contributed by atoms with Crippen molar-refractivity contribution in [2.24, 2.45) is 0 Å². The van der Waals surface area contributed by atoms with E-state index in [9.17, 15) is 9.18 Å². The van der Waals surface area contributed by atoms with Crippen LogP contribution in [0, 0.1) is 5.82 Å². The van der Waals surface area contributed by atoms with Gasteiger partial charge in [0.05, 0.1) is 18.4 Å². The number of ether oxygens (including phenoxy) is 1. The van der Waals surface area contributed by atoms with Crippen molar-refractivity contribution in [1.29, 1.82) is 0 Å². The minimum absolute atomic E-state index is 0.0898. The molecular formula is C21H23FN4O2S. The van der Waals surface area contributed by atoms with E-state index in [2.05, 4.69) is 15.3 Å². The van der Waals surface area contributed by atoms with Crippen LogP contribution in [0.25, 0.3) is 10.9 Å². The Bertz CT molecular complexity index is 1020. The van der Waals surface area contributed by atoms with Crippen molar-refractivity contribution in [3.05, 3.63) is 53.8 Å². The van der Waals surface area contributed by atoms with Crippen LogP contribution in [-0.2, 0) is 11.3 Å². The van der Waals surface area contributed by atoms with E-state index < -0.39 is 5.82 Å². The molecule has 0 radical (unpaired) electrons. The molecule has 1 N–H and O–H groups in total. The molecule has 0 aliphatic heterocycles. The van der Waals surface area contributed by atoms with Gasteiger partial charge in [-0.2, -0.15) is 0 Å². The number of benzene rings is 2. The topological polar surface area (TPSA) is 67.4 Å². The number of methoxy groups -OCH3 is 1. The van der Waals surface area contributed by atoms with Crippen molar-refractivity contribution >= 4 is 34.4 Å². The first kappa shape index (κ1) is 20.9. The van der Waals surface area contributed by atoms with Crippen LogP contribution in [-0.4, -0.2) is 47.2 Å². The second kappa shape index (κ2) is 9.56. The van der Waals surface area contributed by atoms with Gasteiger partial charge < -0.3 is 15.0 Å². The van der Waals surface area contributed by atoms with Crippen LogP contribution in [0.4, 0.5) is 10.2 Å². The molecule has 152 valence electrons. The Morgan fingerprint density at radius 2 is 2.03 bits per heavy atom. The van der Waals surface area contributed by atoms with Crippen LogP contribution in [0.15, 0.2) is 47.6 Å². The molecule has 0 fully saturated rings. The molecular weight excluding hydrogens is 391 g/mol. The molecule has 0 saturated carbocycles. The van der Waals surface area contributed by atoms with E-state index >= 15 is 0 Å². The van der Waals surface area contributed by atoms with Crippen LogP contribution in [0.5, 0.6) is 5.75 Å². The molecule has 2 aromatic carbocycles. The van der Waals surface area contributed by atoms with Crippen LogP contribution in [0.3, 0.4) is 0 Å². The summed E-state index contributed by atoms with van der Waals surface area (Å²) in [5.41, 5.74) is 1.52. The molecule has 1 heterocycles. The molecule has 0 spiro atoms. The largest absolute Gasteiger partial charge is 0.494 e. The average molecular weight is 415 g/mol. The van der Waals surface area contributed by atoms with Gasteiger partial charge in [0.2, 0.25) is 5.91 Å². The number of para-hydroxylation sites is 1. The molecule has 1 aromatic heterocycles. The van der Waals surface area contributed by atoms with Crippen LogP contribution in [0.2, 0.25) is 0 Å². The Kier molecular flexibility index (Phi) is 6.87. The second-order valence-electron chi connectivity index (χ2n) is 6.41. The second-order valence-corrected chi connectivity index (χ2v) is 7.35. The van der Waals surface area contributed by atoms with Crippen molar-refractivity contribution < 1.29 is 13.9 Å². The summed E-state index contributed by atoms with van der Waals surface area (Å²) in [6.07, 6.45) is 0. The number of halogens is 1.